The summed E-state index contributed by atoms with van der Waals surface area (Å²) in [7, 11) is 0. The number of aliphatic hydroxyl groups is 1. The first kappa shape index (κ1) is 20.7. The van der Waals surface area contributed by atoms with E-state index in [1.54, 1.807) is 6.07 Å². The first-order valence-electron chi connectivity index (χ1n) is 11.2. The van der Waals surface area contributed by atoms with Crippen molar-refractivity contribution >= 4 is 29.1 Å². The topological polar surface area (TPSA) is 98.7 Å². The molecule has 3 aliphatic rings. The molecule has 0 unspecified atom stereocenters. The van der Waals surface area contributed by atoms with Gasteiger partial charge in [0.1, 0.15) is 5.60 Å². The van der Waals surface area contributed by atoms with Gasteiger partial charge in [-0.25, -0.2) is 0 Å². The summed E-state index contributed by atoms with van der Waals surface area (Å²) in [5.74, 6) is -1.68. The molecule has 166 valence electrons. The number of rotatable bonds is 5. The van der Waals surface area contributed by atoms with Crippen LogP contribution in [0.3, 0.4) is 0 Å². The number of hydrogen-bond acceptors (Lipinski definition) is 4. The average molecular weight is 434 g/mol. The van der Waals surface area contributed by atoms with E-state index in [9.17, 15) is 19.5 Å². The Morgan fingerprint density at radius 2 is 1.91 bits per heavy atom. The molecule has 2 aromatic carbocycles. The lowest BCUT2D eigenvalue weighted by Crippen LogP contribution is -2.45. The Balaban J connectivity index is 1.29. The molecule has 3 N–H and O–H groups in total. The highest BCUT2D eigenvalue weighted by Gasteiger charge is 2.45. The lowest BCUT2D eigenvalue weighted by atomic mass is 9.88. The minimum absolute atomic E-state index is 0.0239. The average Bonchev–Trinajstić information content (AvgIpc) is 3.64. The Morgan fingerprint density at radius 3 is 2.62 bits per heavy atom. The lowest BCUT2D eigenvalue weighted by molar-refractivity contribution is -0.137. The quantitative estimate of drug-likeness (QED) is 0.631. The zero-order valence-electron chi connectivity index (χ0n) is 18.1. The smallest absolute Gasteiger partial charge is 0.313 e. The number of amides is 3. The summed E-state index contributed by atoms with van der Waals surface area (Å²) in [5, 5.41) is 16.5. The standard InChI is InChI=1S/C25H27N3O4/c1-15-20-13-19(12-16-6-5-11-28(21(16)20)24(15)31)27-23(30)22(29)26-14-25(32,18-9-10-18)17-7-3-2-4-8-17/h2-4,7-8,12-13,15,18,32H,5-6,9-11,14H2,1H3,(H,26,29)(H,27,30)/t15-,25-/m1/s1. The molecule has 0 bridgehead atoms. The fourth-order valence-electron chi connectivity index (χ4n) is 5.02. The summed E-state index contributed by atoms with van der Waals surface area (Å²) >= 11 is 0. The minimum atomic E-state index is -1.19. The van der Waals surface area contributed by atoms with Gasteiger partial charge in [-0.15, -0.1) is 0 Å². The van der Waals surface area contributed by atoms with Crippen LogP contribution in [0.15, 0.2) is 42.5 Å². The molecule has 2 aromatic rings. The molecular weight excluding hydrogens is 406 g/mol. The fraction of sp³-hybridized carbons (Fsp3) is 0.400. The van der Waals surface area contributed by atoms with Crippen LogP contribution in [0, 0.1) is 5.92 Å². The van der Waals surface area contributed by atoms with Gasteiger partial charge in [0.05, 0.1) is 18.2 Å². The summed E-state index contributed by atoms with van der Waals surface area (Å²) in [4.78, 5) is 39.5. The molecule has 0 radical (unpaired) electrons. The number of nitrogens with zero attached hydrogens (tertiary/aromatic N) is 1. The first-order valence-corrected chi connectivity index (χ1v) is 11.2. The Labute approximate surface area is 186 Å². The van der Waals surface area contributed by atoms with Gasteiger partial charge in [0.25, 0.3) is 0 Å². The number of anilines is 2. The molecule has 0 saturated heterocycles. The number of nitrogens with one attached hydrogen (secondary N) is 2. The van der Waals surface area contributed by atoms with Gasteiger partial charge in [0.2, 0.25) is 5.91 Å². The number of aryl methyl sites for hydroxylation is 1. The van der Waals surface area contributed by atoms with E-state index in [1.165, 1.54) is 0 Å². The number of carbonyl (C=O) groups excluding carboxylic acids is 3. The van der Waals surface area contributed by atoms with Gasteiger partial charge < -0.3 is 20.6 Å². The highest BCUT2D eigenvalue weighted by molar-refractivity contribution is 6.39. The van der Waals surface area contributed by atoms with E-state index >= 15 is 0 Å². The molecule has 2 atom stereocenters. The summed E-state index contributed by atoms with van der Waals surface area (Å²) in [6.07, 6.45) is 3.49. The van der Waals surface area contributed by atoms with E-state index < -0.39 is 17.4 Å². The van der Waals surface area contributed by atoms with Crippen LogP contribution in [0.25, 0.3) is 0 Å². The van der Waals surface area contributed by atoms with Crippen molar-refractivity contribution in [2.45, 2.75) is 44.1 Å². The Hall–Kier alpha value is -3.19. The summed E-state index contributed by atoms with van der Waals surface area (Å²) in [6, 6.07) is 12.9. The second kappa shape index (κ2) is 7.74. The van der Waals surface area contributed by atoms with Gasteiger partial charge in [-0.05, 0) is 67.3 Å². The van der Waals surface area contributed by atoms with Crippen LogP contribution in [0.1, 0.15) is 48.8 Å². The van der Waals surface area contributed by atoms with Gasteiger partial charge >= 0.3 is 11.8 Å². The van der Waals surface area contributed by atoms with Crippen molar-refractivity contribution in [2.24, 2.45) is 5.92 Å². The maximum Gasteiger partial charge on any atom is 0.313 e. The summed E-state index contributed by atoms with van der Waals surface area (Å²) in [5.41, 5.74) is 2.96. The van der Waals surface area contributed by atoms with E-state index in [4.69, 9.17) is 0 Å². The van der Waals surface area contributed by atoms with Crippen LogP contribution >= 0.6 is 0 Å². The zero-order chi connectivity index (χ0) is 22.5. The first-order chi connectivity index (χ1) is 15.4. The largest absolute Gasteiger partial charge is 0.383 e. The van der Waals surface area contributed by atoms with Crippen LogP contribution in [-0.4, -0.2) is 35.9 Å². The van der Waals surface area contributed by atoms with Crippen LogP contribution in [0.5, 0.6) is 0 Å². The van der Waals surface area contributed by atoms with Gasteiger partial charge in [-0.1, -0.05) is 30.3 Å². The van der Waals surface area contributed by atoms with Crippen molar-refractivity contribution < 1.29 is 19.5 Å². The van der Waals surface area contributed by atoms with Crippen molar-refractivity contribution in [3.8, 4) is 0 Å². The molecule has 1 aliphatic carbocycles. The van der Waals surface area contributed by atoms with Crippen molar-refractivity contribution in [3.05, 3.63) is 59.2 Å². The van der Waals surface area contributed by atoms with Crippen molar-refractivity contribution in [2.75, 3.05) is 23.3 Å². The summed E-state index contributed by atoms with van der Waals surface area (Å²) < 4.78 is 0. The number of hydrogen-bond donors (Lipinski definition) is 3. The highest BCUT2D eigenvalue weighted by atomic mass is 16.3. The van der Waals surface area contributed by atoms with E-state index in [0.29, 0.717) is 5.69 Å². The normalized spacial score (nSPS) is 21.0. The third-order valence-electron chi connectivity index (χ3n) is 6.93. The molecule has 5 rings (SSSR count). The fourth-order valence-corrected chi connectivity index (χ4v) is 5.02. The minimum Gasteiger partial charge on any atom is -0.383 e. The van der Waals surface area contributed by atoms with Gasteiger partial charge in [-0.3, -0.25) is 14.4 Å². The molecular formula is C25H27N3O4. The molecule has 0 aromatic heterocycles. The third-order valence-corrected chi connectivity index (χ3v) is 6.93. The van der Waals surface area contributed by atoms with Gasteiger partial charge in [-0.2, -0.15) is 0 Å². The van der Waals surface area contributed by atoms with Crippen LogP contribution in [-0.2, 0) is 26.4 Å². The monoisotopic (exact) mass is 433 g/mol. The molecule has 2 aliphatic heterocycles. The predicted molar refractivity (Wildman–Crippen MR) is 120 cm³/mol. The highest BCUT2D eigenvalue weighted by Crippen LogP contribution is 2.46. The van der Waals surface area contributed by atoms with E-state index in [-0.39, 0.29) is 24.3 Å². The summed E-state index contributed by atoms with van der Waals surface area (Å²) in [6.45, 7) is 2.57. The molecule has 1 fully saturated rings. The zero-order valence-corrected chi connectivity index (χ0v) is 18.1. The SMILES string of the molecule is C[C@H]1C(=O)N2CCCc3cc(NC(=O)C(=O)NC[C@@](O)(c4ccccc4)C4CC4)cc1c32. The maximum absolute atomic E-state index is 12.6. The van der Waals surface area contributed by atoms with Crippen molar-refractivity contribution in [1.82, 2.24) is 5.32 Å². The Morgan fingerprint density at radius 1 is 1.16 bits per heavy atom. The number of benzene rings is 2. The second-order valence-corrected chi connectivity index (χ2v) is 9.09. The van der Waals surface area contributed by atoms with Crippen LogP contribution in [0.2, 0.25) is 0 Å². The molecule has 2 heterocycles. The molecule has 7 nitrogen and oxygen atoms in total. The molecule has 1 saturated carbocycles. The third kappa shape index (κ3) is 3.46. The predicted octanol–water partition coefficient (Wildman–Crippen LogP) is 2.44. The van der Waals surface area contributed by atoms with Gasteiger partial charge in [0.15, 0.2) is 0 Å². The van der Waals surface area contributed by atoms with Crippen LogP contribution < -0.4 is 15.5 Å². The lowest BCUT2D eigenvalue weighted by Gasteiger charge is -2.29. The number of carbonyl (C=O) groups is 3. The van der Waals surface area contributed by atoms with E-state index in [0.717, 1.165) is 54.6 Å². The van der Waals surface area contributed by atoms with Crippen molar-refractivity contribution in [3.63, 3.8) is 0 Å². The Kier molecular flexibility index (Phi) is 5.01. The maximum atomic E-state index is 12.6. The Bertz CT molecular complexity index is 1100. The van der Waals surface area contributed by atoms with Gasteiger partial charge in [0, 0.05) is 12.2 Å². The molecule has 0 spiro atoms. The molecule has 3 amide bonds. The van der Waals surface area contributed by atoms with Crippen LogP contribution in [0.4, 0.5) is 11.4 Å². The van der Waals surface area contributed by atoms with E-state index in [1.807, 2.05) is 48.2 Å². The molecule has 7 heteroatoms. The van der Waals surface area contributed by atoms with E-state index in [2.05, 4.69) is 10.6 Å². The second-order valence-electron chi connectivity index (χ2n) is 9.09. The molecule has 32 heavy (non-hydrogen) atoms. The van der Waals surface area contributed by atoms with Crippen molar-refractivity contribution in [1.29, 1.82) is 0 Å².